The fraction of sp³-hybridized carbons (Fsp3) is 0.562. The normalized spacial score (nSPS) is 13.1. The van der Waals surface area contributed by atoms with E-state index in [0.717, 1.165) is 12.8 Å². The molecule has 1 aromatic rings. The Hall–Kier alpha value is -0.920. The van der Waals surface area contributed by atoms with Crippen molar-refractivity contribution in [2.45, 2.75) is 51.5 Å². The van der Waals surface area contributed by atoms with Gasteiger partial charge in [-0.25, -0.2) is 13.1 Å². The summed E-state index contributed by atoms with van der Waals surface area (Å²) in [5.74, 6) is -0.0726. The third-order valence-corrected chi connectivity index (χ3v) is 5.39. The van der Waals surface area contributed by atoms with Crippen molar-refractivity contribution >= 4 is 31.9 Å². The van der Waals surface area contributed by atoms with Crippen molar-refractivity contribution < 1.29 is 13.2 Å². The molecule has 0 bridgehead atoms. The number of carbonyl (C=O) groups is 1. The first kappa shape index (κ1) is 20.1. The van der Waals surface area contributed by atoms with Gasteiger partial charge in [-0.2, -0.15) is 0 Å². The van der Waals surface area contributed by atoms with Gasteiger partial charge < -0.3 is 5.32 Å². The highest BCUT2D eigenvalue weighted by atomic mass is 79.9. The van der Waals surface area contributed by atoms with Crippen molar-refractivity contribution in [3.8, 4) is 0 Å². The lowest BCUT2D eigenvalue weighted by Gasteiger charge is -2.15. The van der Waals surface area contributed by atoms with Crippen LogP contribution in [0.5, 0.6) is 0 Å². The number of sulfonamides is 1. The molecule has 0 heterocycles. The minimum atomic E-state index is -3.62. The van der Waals surface area contributed by atoms with Gasteiger partial charge in [0.2, 0.25) is 10.0 Å². The molecular formula is C16H25BrN2O3S. The summed E-state index contributed by atoms with van der Waals surface area (Å²) < 4.78 is 27.7. The lowest BCUT2D eigenvalue weighted by molar-refractivity contribution is 0.0937. The standard InChI is InChI=1S/C16H25BrN2O3S/c1-5-6-12(4)19-16(20)14-9-13(7-8-15(14)17)23(21,22)18-10-11(2)3/h7-9,11-12,18H,5-6,10H2,1-4H3,(H,19,20)/t12-/m0/s1. The molecule has 0 radical (unpaired) electrons. The van der Waals surface area contributed by atoms with Gasteiger partial charge in [0.05, 0.1) is 10.5 Å². The number of nitrogens with one attached hydrogen (secondary N) is 2. The van der Waals surface area contributed by atoms with Gasteiger partial charge in [0, 0.05) is 17.1 Å². The van der Waals surface area contributed by atoms with E-state index < -0.39 is 10.0 Å². The van der Waals surface area contributed by atoms with Gasteiger partial charge >= 0.3 is 0 Å². The van der Waals surface area contributed by atoms with Gasteiger partial charge in [0.25, 0.3) is 5.91 Å². The zero-order valence-electron chi connectivity index (χ0n) is 14.0. The van der Waals surface area contributed by atoms with E-state index in [9.17, 15) is 13.2 Å². The van der Waals surface area contributed by atoms with Gasteiger partial charge in [-0.15, -0.1) is 0 Å². The Morgan fingerprint density at radius 1 is 1.26 bits per heavy atom. The Morgan fingerprint density at radius 3 is 2.48 bits per heavy atom. The highest BCUT2D eigenvalue weighted by Crippen LogP contribution is 2.21. The van der Waals surface area contributed by atoms with Crippen LogP contribution in [-0.2, 0) is 10.0 Å². The molecule has 1 rings (SSSR count). The van der Waals surface area contributed by atoms with Crippen LogP contribution < -0.4 is 10.0 Å². The summed E-state index contributed by atoms with van der Waals surface area (Å²) >= 11 is 3.31. The Morgan fingerprint density at radius 2 is 1.91 bits per heavy atom. The van der Waals surface area contributed by atoms with Gasteiger partial charge in [0.15, 0.2) is 0 Å². The highest BCUT2D eigenvalue weighted by molar-refractivity contribution is 9.10. The maximum absolute atomic E-state index is 12.3. The van der Waals surface area contributed by atoms with E-state index in [0.29, 0.717) is 16.6 Å². The van der Waals surface area contributed by atoms with E-state index in [1.54, 1.807) is 6.07 Å². The smallest absolute Gasteiger partial charge is 0.252 e. The summed E-state index contributed by atoms with van der Waals surface area (Å²) in [6.45, 7) is 8.19. The fourth-order valence-electron chi connectivity index (χ4n) is 2.01. The van der Waals surface area contributed by atoms with E-state index >= 15 is 0 Å². The zero-order chi connectivity index (χ0) is 17.6. The summed E-state index contributed by atoms with van der Waals surface area (Å²) in [6, 6.07) is 4.52. The monoisotopic (exact) mass is 404 g/mol. The van der Waals surface area contributed by atoms with Crippen LogP contribution in [0, 0.1) is 5.92 Å². The lowest BCUT2D eigenvalue weighted by Crippen LogP contribution is -2.33. The van der Waals surface area contributed by atoms with Crippen molar-refractivity contribution in [1.29, 1.82) is 0 Å². The number of halogens is 1. The summed E-state index contributed by atoms with van der Waals surface area (Å²) in [7, 11) is -3.62. The first-order valence-corrected chi connectivity index (χ1v) is 10.0. The molecular weight excluding hydrogens is 380 g/mol. The second kappa shape index (κ2) is 8.80. The molecule has 0 aliphatic rings. The summed E-state index contributed by atoms with van der Waals surface area (Å²) in [6.07, 6.45) is 1.84. The number of amides is 1. The molecule has 1 amide bonds. The molecule has 0 fully saturated rings. The SMILES string of the molecule is CCC[C@H](C)NC(=O)c1cc(S(=O)(=O)NCC(C)C)ccc1Br. The van der Waals surface area contributed by atoms with Crippen molar-refractivity contribution in [2.75, 3.05) is 6.54 Å². The molecule has 5 nitrogen and oxygen atoms in total. The molecule has 0 spiro atoms. The Balaban J connectivity index is 3.01. The minimum Gasteiger partial charge on any atom is -0.350 e. The predicted octanol–water partition coefficient (Wildman–Crippen LogP) is 3.30. The van der Waals surface area contributed by atoms with E-state index in [4.69, 9.17) is 0 Å². The third-order valence-electron chi connectivity index (χ3n) is 3.27. The first-order chi connectivity index (χ1) is 10.7. The van der Waals surface area contributed by atoms with Gasteiger partial charge in [-0.05, 0) is 53.4 Å². The van der Waals surface area contributed by atoms with Crippen molar-refractivity contribution in [3.05, 3.63) is 28.2 Å². The van der Waals surface area contributed by atoms with Gasteiger partial charge in [0.1, 0.15) is 0 Å². The third kappa shape index (κ3) is 6.24. The van der Waals surface area contributed by atoms with Crippen molar-refractivity contribution in [1.82, 2.24) is 10.0 Å². The Kier molecular flexibility index (Phi) is 7.70. The topological polar surface area (TPSA) is 75.3 Å². The average molecular weight is 405 g/mol. The zero-order valence-corrected chi connectivity index (χ0v) is 16.4. The lowest BCUT2D eigenvalue weighted by atomic mass is 10.1. The number of rotatable bonds is 8. The highest BCUT2D eigenvalue weighted by Gasteiger charge is 2.19. The Bertz CT molecular complexity index is 645. The Labute approximate surface area is 147 Å². The predicted molar refractivity (Wildman–Crippen MR) is 96.0 cm³/mol. The average Bonchev–Trinajstić information content (AvgIpc) is 2.45. The second-order valence-corrected chi connectivity index (χ2v) is 8.67. The molecule has 23 heavy (non-hydrogen) atoms. The molecule has 1 atom stereocenters. The molecule has 130 valence electrons. The van der Waals surface area contributed by atoms with Crippen LogP contribution in [0.15, 0.2) is 27.6 Å². The number of benzene rings is 1. The fourth-order valence-corrected chi connectivity index (χ4v) is 3.68. The van der Waals surface area contributed by atoms with E-state index in [-0.39, 0.29) is 22.8 Å². The molecule has 0 saturated carbocycles. The maximum atomic E-state index is 12.3. The van der Waals surface area contributed by atoms with Crippen molar-refractivity contribution in [3.63, 3.8) is 0 Å². The first-order valence-electron chi connectivity index (χ1n) is 7.77. The van der Waals surface area contributed by atoms with Gasteiger partial charge in [-0.3, -0.25) is 4.79 Å². The van der Waals surface area contributed by atoms with Crippen LogP contribution in [-0.4, -0.2) is 26.9 Å². The van der Waals surface area contributed by atoms with E-state index in [1.165, 1.54) is 12.1 Å². The molecule has 1 aromatic carbocycles. The molecule has 0 aliphatic heterocycles. The molecule has 2 N–H and O–H groups in total. The maximum Gasteiger partial charge on any atom is 0.252 e. The van der Waals surface area contributed by atoms with Crippen LogP contribution in [0.3, 0.4) is 0 Å². The van der Waals surface area contributed by atoms with Crippen LogP contribution in [0.2, 0.25) is 0 Å². The summed E-state index contributed by atoms with van der Waals surface area (Å²) in [5.41, 5.74) is 0.320. The molecule has 7 heteroatoms. The minimum absolute atomic E-state index is 0.0405. The molecule has 0 aromatic heterocycles. The number of hydrogen-bond acceptors (Lipinski definition) is 3. The number of hydrogen-bond donors (Lipinski definition) is 2. The van der Waals surface area contributed by atoms with Crippen LogP contribution in [0.1, 0.15) is 50.9 Å². The molecule has 0 unspecified atom stereocenters. The van der Waals surface area contributed by atoms with Crippen LogP contribution in [0.4, 0.5) is 0 Å². The molecule has 0 saturated heterocycles. The summed E-state index contributed by atoms with van der Waals surface area (Å²) in [5, 5.41) is 2.88. The number of carbonyl (C=O) groups excluding carboxylic acids is 1. The quantitative estimate of drug-likeness (QED) is 0.697. The van der Waals surface area contributed by atoms with Gasteiger partial charge in [-0.1, -0.05) is 27.2 Å². The summed E-state index contributed by atoms with van der Waals surface area (Å²) in [4.78, 5) is 12.4. The van der Waals surface area contributed by atoms with E-state index in [1.807, 2.05) is 27.7 Å². The second-order valence-electron chi connectivity index (χ2n) is 6.05. The van der Waals surface area contributed by atoms with Crippen LogP contribution in [0.25, 0.3) is 0 Å². The van der Waals surface area contributed by atoms with Crippen molar-refractivity contribution in [2.24, 2.45) is 5.92 Å². The van der Waals surface area contributed by atoms with Crippen LogP contribution >= 0.6 is 15.9 Å². The molecule has 0 aliphatic carbocycles. The largest absolute Gasteiger partial charge is 0.350 e. The van der Waals surface area contributed by atoms with E-state index in [2.05, 4.69) is 26.0 Å².